The molecule has 8 heteroatoms. The van der Waals surface area contributed by atoms with Crippen molar-refractivity contribution in [3.8, 4) is 11.4 Å². The van der Waals surface area contributed by atoms with Crippen LogP contribution in [0.1, 0.15) is 48.1 Å². The van der Waals surface area contributed by atoms with Crippen molar-refractivity contribution in [2.24, 2.45) is 10.3 Å². The molecule has 0 aliphatic carbocycles. The van der Waals surface area contributed by atoms with Crippen LogP contribution in [0.25, 0.3) is 5.69 Å². The average Bonchev–Trinajstić information content (AvgIpc) is 3.23. The Labute approximate surface area is 151 Å². The van der Waals surface area contributed by atoms with E-state index in [0.29, 0.717) is 18.8 Å². The molecule has 8 nitrogen and oxygen atoms in total. The number of carbonyl (C=O) groups excluding carboxylic acids is 1. The minimum atomic E-state index is -0.419. The number of rotatable bonds is 4. The molecule has 2 aromatic rings. The van der Waals surface area contributed by atoms with Gasteiger partial charge in [-0.05, 0) is 31.5 Å². The third-order valence-electron chi connectivity index (χ3n) is 4.88. The second kappa shape index (κ2) is 6.44. The van der Waals surface area contributed by atoms with Crippen molar-refractivity contribution >= 4 is 5.97 Å². The Morgan fingerprint density at radius 3 is 2.92 bits per heavy atom. The number of hydrogen-bond donors (Lipinski definition) is 0. The highest BCUT2D eigenvalue weighted by Gasteiger charge is 2.39. The van der Waals surface area contributed by atoms with E-state index in [1.54, 1.807) is 20.4 Å². The van der Waals surface area contributed by atoms with Crippen LogP contribution in [-0.2, 0) is 11.3 Å². The lowest BCUT2D eigenvalue weighted by Crippen LogP contribution is -2.26. The Morgan fingerprint density at radius 1 is 1.35 bits per heavy atom. The van der Waals surface area contributed by atoms with E-state index >= 15 is 0 Å². The van der Waals surface area contributed by atoms with Gasteiger partial charge in [-0.3, -0.25) is 5.01 Å². The van der Waals surface area contributed by atoms with Gasteiger partial charge in [-0.25, -0.2) is 9.78 Å². The number of imidazole rings is 1. The first-order valence-electron chi connectivity index (χ1n) is 8.77. The molecule has 136 valence electrons. The monoisotopic (exact) mass is 355 g/mol. The molecular formula is C18H21N5O3. The molecule has 0 radical (unpaired) electrons. The molecule has 0 saturated heterocycles. The molecule has 2 aliphatic rings. The molecule has 4 rings (SSSR count). The van der Waals surface area contributed by atoms with Crippen molar-refractivity contribution < 1.29 is 14.3 Å². The second-order valence-corrected chi connectivity index (χ2v) is 6.28. The number of carbonyl (C=O) groups is 1. The zero-order chi connectivity index (χ0) is 18.3. The van der Waals surface area contributed by atoms with Crippen LogP contribution in [-0.4, -0.2) is 40.3 Å². The number of esters is 1. The first kappa shape index (κ1) is 16.6. The molecule has 0 fully saturated rings. The fourth-order valence-electron chi connectivity index (χ4n) is 3.62. The zero-order valence-corrected chi connectivity index (χ0v) is 15.0. The van der Waals surface area contributed by atoms with Gasteiger partial charge in [0.2, 0.25) is 0 Å². The molecule has 0 spiro atoms. The van der Waals surface area contributed by atoms with Gasteiger partial charge in [0.25, 0.3) is 0 Å². The summed E-state index contributed by atoms with van der Waals surface area (Å²) >= 11 is 0. The zero-order valence-electron chi connectivity index (χ0n) is 15.0. The number of ether oxygens (including phenoxy) is 2. The Kier molecular flexibility index (Phi) is 4.10. The second-order valence-electron chi connectivity index (χ2n) is 6.28. The molecule has 0 saturated carbocycles. The number of aromatic nitrogens is 2. The van der Waals surface area contributed by atoms with Crippen LogP contribution in [0.3, 0.4) is 0 Å². The maximum atomic E-state index is 12.3. The van der Waals surface area contributed by atoms with E-state index in [2.05, 4.69) is 22.2 Å². The highest BCUT2D eigenvalue weighted by Crippen LogP contribution is 2.42. The van der Waals surface area contributed by atoms with E-state index < -0.39 is 5.97 Å². The average molecular weight is 355 g/mol. The van der Waals surface area contributed by atoms with E-state index in [0.717, 1.165) is 29.1 Å². The molecule has 2 atom stereocenters. The Balaban J connectivity index is 1.89. The standard InChI is InChI=1S/C18H21N5O3/c1-4-13-17-12-8-11(25-3)6-7-14(12)22-10-19-16(18(24)26-5-2)15(22)9-23(17)21-20-13/h6-8,10,13,17H,4-5,9H2,1-3H3. The first-order chi connectivity index (χ1) is 12.7. The maximum absolute atomic E-state index is 12.3. The number of nitrogens with zero attached hydrogens (tertiary/aromatic N) is 5. The van der Waals surface area contributed by atoms with E-state index in [4.69, 9.17) is 9.47 Å². The summed E-state index contributed by atoms with van der Waals surface area (Å²) in [5.41, 5.74) is 3.10. The molecule has 0 amide bonds. The van der Waals surface area contributed by atoms with Gasteiger partial charge < -0.3 is 14.0 Å². The fraction of sp³-hybridized carbons (Fsp3) is 0.444. The van der Waals surface area contributed by atoms with Crippen LogP contribution in [0.2, 0.25) is 0 Å². The van der Waals surface area contributed by atoms with Crippen LogP contribution in [0.15, 0.2) is 34.9 Å². The van der Waals surface area contributed by atoms with Gasteiger partial charge >= 0.3 is 5.97 Å². The van der Waals surface area contributed by atoms with E-state index in [1.807, 2.05) is 27.8 Å². The summed E-state index contributed by atoms with van der Waals surface area (Å²) in [5, 5.41) is 10.7. The van der Waals surface area contributed by atoms with E-state index in [-0.39, 0.29) is 12.1 Å². The van der Waals surface area contributed by atoms with Crippen LogP contribution in [0.4, 0.5) is 0 Å². The highest BCUT2D eigenvalue weighted by molar-refractivity contribution is 5.88. The number of methoxy groups -OCH3 is 1. The molecule has 0 N–H and O–H groups in total. The van der Waals surface area contributed by atoms with Gasteiger partial charge in [0.15, 0.2) is 5.69 Å². The lowest BCUT2D eigenvalue weighted by Gasteiger charge is -2.24. The minimum absolute atomic E-state index is 0.0000422. The molecule has 1 aromatic carbocycles. The quantitative estimate of drug-likeness (QED) is 0.787. The molecule has 1 aromatic heterocycles. The number of benzene rings is 1. The highest BCUT2D eigenvalue weighted by atomic mass is 16.5. The largest absolute Gasteiger partial charge is 0.497 e. The van der Waals surface area contributed by atoms with Crippen LogP contribution in [0, 0.1) is 0 Å². The summed E-state index contributed by atoms with van der Waals surface area (Å²) in [5.74, 6) is 0.359. The molecule has 2 aliphatic heterocycles. The molecule has 0 bridgehead atoms. The predicted octanol–water partition coefficient (Wildman–Crippen LogP) is 3.07. The SMILES string of the molecule is CCOC(=O)c1ncn2c1CN1N=NC(CC)C1c1cc(OC)ccc1-2. The Bertz CT molecular complexity index is 876. The van der Waals surface area contributed by atoms with Crippen molar-refractivity contribution in [1.82, 2.24) is 14.6 Å². The molecular weight excluding hydrogens is 334 g/mol. The van der Waals surface area contributed by atoms with Gasteiger partial charge in [-0.2, -0.15) is 5.11 Å². The minimum Gasteiger partial charge on any atom is -0.497 e. The maximum Gasteiger partial charge on any atom is 0.358 e. The first-order valence-corrected chi connectivity index (χ1v) is 8.77. The predicted molar refractivity (Wildman–Crippen MR) is 93.3 cm³/mol. The van der Waals surface area contributed by atoms with Gasteiger partial charge in [0.1, 0.15) is 18.1 Å². The van der Waals surface area contributed by atoms with Crippen molar-refractivity contribution in [2.45, 2.75) is 38.9 Å². The summed E-state index contributed by atoms with van der Waals surface area (Å²) in [6.07, 6.45) is 2.55. The topological polar surface area (TPSA) is 81.3 Å². The third-order valence-corrected chi connectivity index (χ3v) is 4.88. The summed E-state index contributed by atoms with van der Waals surface area (Å²) < 4.78 is 12.5. The van der Waals surface area contributed by atoms with Gasteiger partial charge in [-0.1, -0.05) is 12.1 Å². The van der Waals surface area contributed by atoms with Crippen molar-refractivity contribution in [3.63, 3.8) is 0 Å². The van der Waals surface area contributed by atoms with Gasteiger partial charge in [0, 0.05) is 5.56 Å². The molecule has 3 heterocycles. The molecule has 26 heavy (non-hydrogen) atoms. The van der Waals surface area contributed by atoms with E-state index in [1.165, 1.54) is 0 Å². The van der Waals surface area contributed by atoms with Crippen LogP contribution in [0.5, 0.6) is 5.75 Å². The van der Waals surface area contributed by atoms with Gasteiger partial charge in [-0.15, -0.1) is 0 Å². The molecule has 2 unspecified atom stereocenters. The van der Waals surface area contributed by atoms with Crippen LogP contribution < -0.4 is 4.74 Å². The van der Waals surface area contributed by atoms with Crippen LogP contribution >= 0.6 is 0 Å². The Hall–Kier alpha value is -2.90. The Morgan fingerprint density at radius 2 is 2.19 bits per heavy atom. The number of hydrogen-bond acceptors (Lipinski definition) is 7. The normalized spacial score (nSPS) is 20.2. The van der Waals surface area contributed by atoms with Gasteiger partial charge in [0.05, 0.1) is 37.7 Å². The van der Waals surface area contributed by atoms with Crippen molar-refractivity contribution in [3.05, 3.63) is 41.5 Å². The lowest BCUT2D eigenvalue weighted by atomic mass is 9.96. The van der Waals surface area contributed by atoms with E-state index in [9.17, 15) is 4.79 Å². The summed E-state index contributed by atoms with van der Waals surface area (Å²) in [4.78, 5) is 16.6. The fourth-order valence-corrected chi connectivity index (χ4v) is 3.62. The van der Waals surface area contributed by atoms with Crippen molar-refractivity contribution in [2.75, 3.05) is 13.7 Å². The third kappa shape index (κ3) is 2.44. The summed E-state index contributed by atoms with van der Waals surface area (Å²) in [6.45, 7) is 4.63. The number of fused-ring (bicyclic) bond motifs is 5. The summed E-state index contributed by atoms with van der Waals surface area (Å²) in [7, 11) is 1.65. The smallest absolute Gasteiger partial charge is 0.358 e. The summed E-state index contributed by atoms with van der Waals surface area (Å²) in [6, 6.07) is 5.98. The van der Waals surface area contributed by atoms with Crippen molar-refractivity contribution in [1.29, 1.82) is 0 Å². The lowest BCUT2D eigenvalue weighted by molar-refractivity contribution is 0.0517.